The predicted octanol–water partition coefficient (Wildman–Crippen LogP) is 7.08. The predicted molar refractivity (Wildman–Crippen MR) is 137 cm³/mol. The van der Waals surface area contributed by atoms with Crippen LogP contribution in [0.4, 0.5) is 0 Å². The summed E-state index contributed by atoms with van der Waals surface area (Å²) in [5.74, 6) is -3.26. The summed E-state index contributed by atoms with van der Waals surface area (Å²) in [5.41, 5.74) is 0. The Hall–Kier alpha value is -2.44. The molecule has 0 radical (unpaired) electrons. The van der Waals surface area contributed by atoms with Gasteiger partial charge in [-0.1, -0.05) is 0 Å². The van der Waals surface area contributed by atoms with E-state index in [0.29, 0.717) is 0 Å². The van der Waals surface area contributed by atoms with Crippen molar-refractivity contribution in [2.45, 2.75) is 6.16 Å². The van der Waals surface area contributed by atoms with Gasteiger partial charge in [0.05, 0.1) is 0 Å². The molecule has 0 aliphatic heterocycles. The molecule has 5 rings (SSSR count). The zero-order chi connectivity index (χ0) is 20.5. The van der Waals surface area contributed by atoms with Crippen molar-refractivity contribution < 1.29 is 0 Å². The molecule has 0 bridgehead atoms. The molecule has 4 aromatic carbocycles. The quantitative estimate of drug-likeness (QED) is 0.254. The molecule has 1 heterocycles. The van der Waals surface area contributed by atoms with Crippen LogP contribution >= 0.6 is 28.5 Å². The molecule has 5 aromatic rings. The second kappa shape index (κ2) is 7.67. The number of rotatable bonds is 5. The molecular formula is C27H22ClPS. The van der Waals surface area contributed by atoms with Crippen LogP contribution in [0.25, 0.3) is 10.1 Å². The van der Waals surface area contributed by atoms with Crippen LogP contribution in [-0.4, -0.2) is 0 Å². The first kappa shape index (κ1) is 19.5. The summed E-state index contributed by atoms with van der Waals surface area (Å²) < 4.78 is 1.31. The minimum absolute atomic E-state index is 0.796. The van der Waals surface area contributed by atoms with Gasteiger partial charge in [-0.3, -0.25) is 0 Å². The molecule has 0 fully saturated rings. The van der Waals surface area contributed by atoms with E-state index < -0.39 is 5.96 Å². The molecule has 0 aliphatic rings. The first-order valence-corrected chi connectivity index (χ1v) is 14.2. The monoisotopic (exact) mass is 444 g/mol. The van der Waals surface area contributed by atoms with Gasteiger partial charge in [0.1, 0.15) is 0 Å². The molecule has 0 atom stereocenters. The third-order valence-electron chi connectivity index (χ3n) is 5.81. The van der Waals surface area contributed by atoms with Crippen molar-refractivity contribution >= 4 is 54.5 Å². The molecule has 0 saturated carbocycles. The van der Waals surface area contributed by atoms with Gasteiger partial charge in [0.25, 0.3) is 0 Å². The molecule has 0 N–H and O–H groups in total. The van der Waals surface area contributed by atoms with E-state index in [1.807, 2.05) is 11.3 Å². The average Bonchev–Trinajstić information content (AvgIpc) is 3.23. The first-order chi connectivity index (χ1) is 14.7. The summed E-state index contributed by atoms with van der Waals surface area (Å²) in [5, 5.41) is 4.91. The summed E-state index contributed by atoms with van der Waals surface area (Å²) in [6.45, 7) is 0. The molecule has 0 unspecified atom stereocenters. The van der Waals surface area contributed by atoms with E-state index in [2.05, 4.69) is 121 Å². The third kappa shape index (κ3) is 3.10. The fraction of sp³-hybridized carbons (Fsp3) is 0.0370. The second-order valence-electron chi connectivity index (χ2n) is 7.60. The van der Waals surface area contributed by atoms with Crippen LogP contribution in [-0.2, 0) is 6.16 Å². The summed E-state index contributed by atoms with van der Waals surface area (Å²) >= 11 is 10.0. The topological polar surface area (TPSA) is 0 Å². The van der Waals surface area contributed by atoms with E-state index in [9.17, 15) is 0 Å². The summed E-state index contributed by atoms with van der Waals surface area (Å²) in [4.78, 5) is 1.32. The van der Waals surface area contributed by atoms with Gasteiger partial charge >= 0.3 is 187 Å². The summed E-state index contributed by atoms with van der Waals surface area (Å²) in [6.07, 6.45) is 0.796. The SMILES string of the molecule is ClP(Cc1cc2ccccc2s1)(c1ccccc1)(c1ccccc1)c1ccccc1. The van der Waals surface area contributed by atoms with Crippen molar-refractivity contribution in [3.8, 4) is 0 Å². The van der Waals surface area contributed by atoms with Crippen molar-refractivity contribution in [2.75, 3.05) is 0 Å². The summed E-state index contributed by atoms with van der Waals surface area (Å²) in [7, 11) is 0. The number of benzene rings is 4. The Balaban J connectivity index is 1.84. The zero-order valence-corrected chi connectivity index (χ0v) is 19.0. The van der Waals surface area contributed by atoms with Crippen LogP contribution < -0.4 is 15.9 Å². The van der Waals surface area contributed by atoms with Crippen LogP contribution in [0, 0.1) is 0 Å². The van der Waals surface area contributed by atoms with Gasteiger partial charge < -0.3 is 0 Å². The van der Waals surface area contributed by atoms with Gasteiger partial charge in [-0.05, 0) is 0 Å². The van der Waals surface area contributed by atoms with E-state index in [4.69, 9.17) is 11.2 Å². The number of fused-ring (bicyclic) bond motifs is 1. The first-order valence-electron chi connectivity index (χ1n) is 10.1. The van der Waals surface area contributed by atoms with Crippen LogP contribution in [0.1, 0.15) is 4.88 Å². The van der Waals surface area contributed by atoms with Crippen molar-refractivity contribution in [1.82, 2.24) is 0 Å². The standard InChI is InChI=1S/C27H22ClPS/c28-29(23-13-4-1-5-14-23,24-15-6-2-7-16-24,25-17-8-3-9-18-25)21-26-20-22-12-10-11-19-27(22)30-26/h1-20H,21H2. The number of hydrogen-bond donors (Lipinski definition) is 0. The average molecular weight is 445 g/mol. The molecule has 0 nitrogen and oxygen atoms in total. The van der Waals surface area contributed by atoms with E-state index in [1.54, 1.807) is 0 Å². The van der Waals surface area contributed by atoms with Crippen LogP contribution in [0.5, 0.6) is 0 Å². The molecule has 0 saturated heterocycles. The number of halogens is 1. The molecule has 0 aliphatic carbocycles. The Labute approximate surface area is 186 Å². The Bertz CT molecular complexity index is 1150. The van der Waals surface area contributed by atoms with E-state index in [1.165, 1.54) is 30.9 Å². The van der Waals surface area contributed by atoms with E-state index >= 15 is 0 Å². The fourth-order valence-corrected chi connectivity index (χ4v) is 12.4. The van der Waals surface area contributed by atoms with Gasteiger partial charge in [-0.2, -0.15) is 0 Å². The van der Waals surface area contributed by atoms with Gasteiger partial charge in [-0.15, -0.1) is 0 Å². The van der Waals surface area contributed by atoms with Crippen molar-refractivity contribution in [2.24, 2.45) is 0 Å². The molecule has 30 heavy (non-hydrogen) atoms. The van der Waals surface area contributed by atoms with Crippen LogP contribution in [0.15, 0.2) is 121 Å². The molecule has 1 aromatic heterocycles. The van der Waals surface area contributed by atoms with Crippen LogP contribution in [0.2, 0.25) is 0 Å². The van der Waals surface area contributed by atoms with Gasteiger partial charge in [0, 0.05) is 0 Å². The Morgan fingerprint density at radius 3 is 1.47 bits per heavy atom. The van der Waals surface area contributed by atoms with Crippen molar-refractivity contribution in [3.63, 3.8) is 0 Å². The van der Waals surface area contributed by atoms with Gasteiger partial charge in [0.15, 0.2) is 0 Å². The van der Waals surface area contributed by atoms with Crippen molar-refractivity contribution in [3.05, 3.63) is 126 Å². The van der Waals surface area contributed by atoms with Crippen molar-refractivity contribution in [1.29, 1.82) is 0 Å². The summed E-state index contributed by atoms with van der Waals surface area (Å²) in [6, 6.07) is 43.0. The Kier molecular flexibility index (Phi) is 4.99. The maximum atomic E-state index is 8.17. The normalized spacial score (nSPS) is 13.0. The fourth-order valence-electron chi connectivity index (χ4n) is 4.34. The third-order valence-corrected chi connectivity index (χ3v) is 14.3. The minimum atomic E-state index is -3.26. The Morgan fingerprint density at radius 1 is 0.567 bits per heavy atom. The molecular weight excluding hydrogens is 423 g/mol. The number of hydrogen-bond acceptors (Lipinski definition) is 1. The number of thiophene rings is 1. The maximum absolute atomic E-state index is 8.17. The zero-order valence-electron chi connectivity index (χ0n) is 16.5. The second-order valence-corrected chi connectivity index (χ2v) is 15.2. The molecule has 148 valence electrons. The molecule has 0 amide bonds. The van der Waals surface area contributed by atoms with Crippen LogP contribution in [0.3, 0.4) is 0 Å². The molecule has 0 spiro atoms. The van der Waals surface area contributed by atoms with E-state index in [0.717, 1.165) is 6.16 Å². The molecule has 3 heteroatoms. The van der Waals surface area contributed by atoms with E-state index in [-0.39, 0.29) is 0 Å². The van der Waals surface area contributed by atoms with Gasteiger partial charge in [-0.25, -0.2) is 0 Å². The Morgan fingerprint density at radius 2 is 1.00 bits per heavy atom. The van der Waals surface area contributed by atoms with Gasteiger partial charge in [0.2, 0.25) is 0 Å².